The third-order valence-corrected chi connectivity index (χ3v) is 4.98. The van der Waals surface area contributed by atoms with Gasteiger partial charge < -0.3 is 5.73 Å². The lowest BCUT2D eigenvalue weighted by atomic mass is 10.1. The summed E-state index contributed by atoms with van der Waals surface area (Å²) in [5.74, 6) is 0.343. The second kappa shape index (κ2) is 5.02. The molecule has 3 rings (SSSR count). The van der Waals surface area contributed by atoms with Gasteiger partial charge in [0, 0.05) is 16.5 Å². The van der Waals surface area contributed by atoms with E-state index in [9.17, 15) is 4.39 Å². The van der Waals surface area contributed by atoms with Gasteiger partial charge in [-0.15, -0.1) is 11.8 Å². The van der Waals surface area contributed by atoms with Crippen molar-refractivity contribution in [1.82, 2.24) is 4.98 Å². The molecule has 0 saturated carbocycles. The van der Waals surface area contributed by atoms with Crippen molar-refractivity contribution in [3.05, 3.63) is 52.4 Å². The van der Waals surface area contributed by atoms with Crippen LogP contribution in [0.4, 0.5) is 10.2 Å². The van der Waals surface area contributed by atoms with Crippen LogP contribution in [-0.4, -0.2) is 4.98 Å². The first-order chi connectivity index (χ1) is 9.16. The van der Waals surface area contributed by atoms with E-state index in [2.05, 4.69) is 4.98 Å². The molecule has 0 radical (unpaired) electrons. The van der Waals surface area contributed by atoms with Gasteiger partial charge in [0.15, 0.2) is 0 Å². The lowest BCUT2D eigenvalue weighted by Crippen LogP contribution is -1.95. The maximum absolute atomic E-state index is 13.8. The Morgan fingerprint density at radius 2 is 2.21 bits per heavy atom. The van der Waals surface area contributed by atoms with Crippen LogP contribution < -0.4 is 5.73 Å². The molecule has 1 atom stereocenters. The fourth-order valence-electron chi connectivity index (χ4n) is 2.41. The number of aromatic nitrogens is 1. The van der Waals surface area contributed by atoms with Gasteiger partial charge in [-0.1, -0.05) is 11.6 Å². The molecule has 1 unspecified atom stereocenters. The zero-order valence-corrected chi connectivity index (χ0v) is 11.6. The van der Waals surface area contributed by atoms with E-state index in [1.807, 2.05) is 12.1 Å². The molecule has 2 nitrogen and oxygen atoms in total. The van der Waals surface area contributed by atoms with Gasteiger partial charge in [0.25, 0.3) is 0 Å². The highest BCUT2D eigenvalue weighted by Crippen LogP contribution is 2.48. The molecule has 0 bridgehead atoms. The average molecular weight is 295 g/mol. The molecule has 0 amide bonds. The first-order valence-corrected chi connectivity index (χ1v) is 7.26. The Hall–Kier alpha value is -1.26. The Kier molecular flexibility index (Phi) is 3.37. The molecule has 5 heteroatoms. The lowest BCUT2D eigenvalue weighted by Gasteiger charge is -2.14. The first-order valence-electron chi connectivity index (χ1n) is 6.00. The number of anilines is 1. The molecule has 2 N–H and O–H groups in total. The molecule has 1 aromatic heterocycles. The molecule has 98 valence electrons. The van der Waals surface area contributed by atoms with Crippen LogP contribution in [-0.2, 0) is 6.42 Å². The molecule has 1 aliphatic rings. The second-order valence-electron chi connectivity index (χ2n) is 4.45. The summed E-state index contributed by atoms with van der Waals surface area (Å²) in [4.78, 5) is 4.98. The predicted octanol–water partition coefficient (Wildman–Crippen LogP) is 4.24. The van der Waals surface area contributed by atoms with Crippen molar-refractivity contribution in [2.75, 3.05) is 5.73 Å². The van der Waals surface area contributed by atoms with Gasteiger partial charge in [0.1, 0.15) is 11.6 Å². The van der Waals surface area contributed by atoms with Crippen LogP contribution in [0.1, 0.15) is 22.8 Å². The maximum atomic E-state index is 13.8. The Balaban J connectivity index is 1.95. The molecule has 1 aliphatic carbocycles. The number of halogens is 2. The normalized spacial score (nSPS) is 17.5. The zero-order chi connectivity index (χ0) is 13.4. The number of nitrogens with zero attached hydrogens (tertiary/aromatic N) is 1. The van der Waals surface area contributed by atoms with E-state index >= 15 is 0 Å². The van der Waals surface area contributed by atoms with Crippen LogP contribution in [0.5, 0.6) is 0 Å². The lowest BCUT2D eigenvalue weighted by molar-refractivity contribution is 0.613. The Morgan fingerprint density at radius 1 is 1.37 bits per heavy atom. The van der Waals surface area contributed by atoms with Gasteiger partial charge in [-0.2, -0.15) is 0 Å². The number of nitrogen functional groups attached to an aromatic ring is 1. The van der Waals surface area contributed by atoms with E-state index < -0.39 is 0 Å². The highest BCUT2D eigenvalue weighted by molar-refractivity contribution is 7.99. The molecule has 0 aliphatic heterocycles. The van der Waals surface area contributed by atoms with Crippen molar-refractivity contribution in [1.29, 1.82) is 0 Å². The quantitative estimate of drug-likeness (QED) is 0.900. The predicted molar refractivity (Wildman–Crippen MR) is 77.0 cm³/mol. The number of nitrogens with two attached hydrogens (primary N) is 1. The highest BCUT2D eigenvalue weighted by Gasteiger charge is 2.28. The smallest absolute Gasteiger partial charge is 0.137 e. The molecule has 1 aromatic carbocycles. The van der Waals surface area contributed by atoms with Gasteiger partial charge >= 0.3 is 0 Å². The van der Waals surface area contributed by atoms with Crippen molar-refractivity contribution in [2.45, 2.75) is 23.0 Å². The van der Waals surface area contributed by atoms with E-state index in [0.717, 1.165) is 28.9 Å². The summed E-state index contributed by atoms with van der Waals surface area (Å²) in [6.07, 6.45) is 3.25. The summed E-state index contributed by atoms with van der Waals surface area (Å²) in [6, 6.07) is 6.84. The zero-order valence-electron chi connectivity index (χ0n) is 10.1. The van der Waals surface area contributed by atoms with Crippen LogP contribution in [0.3, 0.4) is 0 Å². The number of thioether (sulfide) groups is 1. The number of fused-ring (bicyclic) bond motifs is 1. The van der Waals surface area contributed by atoms with Crippen molar-refractivity contribution < 1.29 is 4.39 Å². The SMILES string of the molecule is Nc1ncccc1SC1CCc2c(F)ccc(Cl)c21. The topological polar surface area (TPSA) is 38.9 Å². The van der Waals surface area contributed by atoms with Crippen LogP contribution >= 0.6 is 23.4 Å². The summed E-state index contributed by atoms with van der Waals surface area (Å²) in [5.41, 5.74) is 7.50. The number of benzene rings is 1. The highest BCUT2D eigenvalue weighted by atomic mass is 35.5. The fraction of sp³-hybridized carbons (Fsp3) is 0.214. The number of pyridine rings is 1. The van der Waals surface area contributed by atoms with Crippen molar-refractivity contribution >= 4 is 29.2 Å². The molecule has 0 spiro atoms. The van der Waals surface area contributed by atoms with Gasteiger partial charge in [0.2, 0.25) is 0 Å². The third-order valence-electron chi connectivity index (χ3n) is 3.29. The van der Waals surface area contributed by atoms with Crippen LogP contribution in [0, 0.1) is 5.82 Å². The molecule has 2 aromatic rings. The largest absolute Gasteiger partial charge is 0.383 e. The van der Waals surface area contributed by atoms with Gasteiger partial charge in [-0.25, -0.2) is 9.37 Å². The molecule has 1 heterocycles. The van der Waals surface area contributed by atoms with E-state index in [1.165, 1.54) is 6.07 Å². The Labute approximate surface area is 120 Å². The van der Waals surface area contributed by atoms with E-state index in [-0.39, 0.29) is 11.1 Å². The fourth-order valence-corrected chi connectivity index (χ4v) is 4.04. The minimum atomic E-state index is -0.165. The molecular formula is C14H12ClFN2S. The number of hydrogen-bond donors (Lipinski definition) is 1. The minimum Gasteiger partial charge on any atom is -0.383 e. The number of rotatable bonds is 2. The molecule has 0 fully saturated rings. The maximum Gasteiger partial charge on any atom is 0.137 e. The second-order valence-corrected chi connectivity index (χ2v) is 6.11. The first kappa shape index (κ1) is 12.8. The van der Waals surface area contributed by atoms with E-state index in [4.69, 9.17) is 17.3 Å². The Bertz CT molecular complexity index is 633. The van der Waals surface area contributed by atoms with Crippen LogP contribution in [0.15, 0.2) is 35.4 Å². The molecule has 0 saturated heterocycles. The van der Waals surface area contributed by atoms with Crippen molar-refractivity contribution in [2.24, 2.45) is 0 Å². The third kappa shape index (κ3) is 2.30. The van der Waals surface area contributed by atoms with Crippen LogP contribution in [0.25, 0.3) is 0 Å². The van der Waals surface area contributed by atoms with E-state index in [1.54, 1.807) is 24.0 Å². The Morgan fingerprint density at radius 3 is 3.00 bits per heavy atom. The van der Waals surface area contributed by atoms with Crippen molar-refractivity contribution in [3.8, 4) is 0 Å². The summed E-state index contributed by atoms with van der Waals surface area (Å²) >= 11 is 7.82. The monoisotopic (exact) mass is 294 g/mol. The van der Waals surface area contributed by atoms with Crippen LogP contribution in [0.2, 0.25) is 5.02 Å². The summed E-state index contributed by atoms with van der Waals surface area (Å²) in [5, 5.41) is 0.776. The number of hydrogen-bond acceptors (Lipinski definition) is 3. The van der Waals surface area contributed by atoms with E-state index in [0.29, 0.717) is 10.8 Å². The standard InChI is InChI=1S/C14H12ClFN2S/c15-9-4-5-10(16)8-3-6-11(13(8)9)19-12-2-1-7-18-14(12)17/h1-2,4-5,7,11H,3,6H2,(H2,17,18). The summed E-state index contributed by atoms with van der Waals surface area (Å²) in [7, 11) is 0. The minimum absolute atomic E-state index is 0.143. The average Bonchev–Trinajstić information content (AvgIpc) is 2.82. The van der Waals surface area contributed by atoms with Gasteiger partial charge in [-0.3, -0.25) is 0 Å². The summed E-state index contributed by atoms with van der Waals surface area (Å²) in [6.45, 7) is 0. The summed E-state index contributed by atoms with van der Waals surface area (Å²) < 4.78 is 13.8. The molecular weight excluding hydrogens is 283 g/mol. The molecule has 19 heavy (non-hydrogen) atoms. The van der Waals surface area contributed by atoms with Gasteiger partial charge in [0.05, 0.1) is 4.90 Å². The van der Waals surface area contributed by atoms with Crippen molar-refractivity contribution in [3.63, 3.8) is 0 Å². The van der Waals surface area contributed by atoms with Gasteiger partial charge in [-0.05, 0) is 48.2 Å².